The van der Waals surface area contributed by atoms with Gasteiger partial charge >= 0.3 is 5.97 Å². The summed E-state index contributed by atoms with van der Waals surface area (Å²) in [6.45, 7) is 0. The smallest absolute Gasteiger partial charge is 0.354 e. The van der Waals surface area contributed by atoms with Crippen molar-refractivity contribution in [2.45, 2.75) is 0 Å². The number of nitrogens with zero attached hydrogens (tertiary/aromatic N) is 2. The van der Waals surface area contributed by atoms with Gasteiger partial charge in [-0.1, -0.05) is 0 Å². The van der Waals surface area contributed by atoms with Gasteiger partial charge < -0.3 is 5.11 Å². The second kappa shape index (κ2) is 3.13. The number of aromatic carboxylic acids is 1. The van der Waals surface area contributed by atoms with Crippen LogP contribution < -0.4 is 0 Å². The van der Waals surface area contributed by atoms with Crippen LogP contribution in [0, 0.1) is 16.1 Å². The molecule has 68 valence electrons. The molecule has 13 heavy (non-hydrogen) atoms. The predicted molar refractivity (Wildman–Crippen MR) is 37.8 cm³/mol. The molecule has 1 aromatic heterocycles. The topological polar surface area (TPSA) is 93.3 Å². The molecule has 0 aliphatic rings. The minimum atomic E-state index is -1.51. The molecule has 1 rings (SSSR count). The first-order valence-electron chi connectivity index (χ1n) is 3.06. The Bertz CT molecular complexity index is 347. The van der Waals surface area contributed by atoms with Crippen LogP contribution >= 0.6 is 0 Å². The summed E-state index contributed by atoms with van der Waals surface area (Å²) in [7, 11) is 0. The minimum Gasteiger partial charge on any atom is -0.477 e. The highest BCUT2D eigenvalue weighted by atomic mass is 19.1. The Hall–Kier alpha value is -2.05. The summed E-state index contributed by atoms with van der Waals surface area (Å²) in [6.07, 6.45) is 0. The van der Waals surface area contributed by atoms with Gasteiger partial charge in [-0.15, -0.1) is 0 Å². The van der Waals surface area contributed by atoms with E-state index in [9.17, 15) is 19.3 Å². The monoisotopic (exact) mass is 186 g/mol. The summed E-state index contributed by atoms with van der Waals surface area (Å²) in [5.74, 6) is -2.70. The normalized spacial score (nSPS) is 9.62. The van der Waals surface area contributed by atoms with Crippen LogP contribution in [-0.2, 0) is 0 Å². The summed E-state index contributed by atoms with van der Waals surface area (Å²) in [5, 5.41) is 18.5. The first-order chi connectivity index (χ1) is 6.00. The molecule has 6 nitrogen and oxygen atoms in total. The fourth-order valence-corrected chi connectivity index (χ4v) is 0.698. The highest BCUT2D eigenvalue weighted by Crippen LogP contribution is 2.13. The molecule has 0 saturated carbocycles. The Morgan fingerprint density at radius 2 is 2.23 bits per heavy atom. The first-order valence-corrected chi connectivity index (χ1v) is 3.06. The summed E-state index contributed by atoms with van der Waals surface area (Å²) < 4.78 is 12.5. The van der Waals surface area contributed by atoms with E-state index in [0.717, 1.165) is 0 Å². The maximum Gasteiger partial charge on any atom is 0.354 e. The zero-order valence-corrected chi connectivity index (χ0v) is 6.10. The zero-order chi connectivity index (χ0) is 10.0. The van der Waals surface area contributed by atoms with Gasteiger partial charge in [-0.3, -0.25) is 10.1 Å². The number of carboxylic acid groups (broad SMARTS) is 1. The number of carboxylic acids is 1. The first kappa shape index (κ1) is 9.04. The molecular formula is C6H3FN2O4. The lowest BCUT2D eigenvalue weighted by Crippen LogP contribution is -2.03. The van der Waals surface area contributed by atoms with E-state index in [-0.39, 0.29) is 0 Å². The third kappa shape index (κ3) is 1.95. The second-order valence-electron chi connectivity index (χ2n) is 2.10. The molecule has 1 aromatic rings. The van der Waals surface area contributed by atoms with Crippen molar-refractivity contribution < 1.29 is 19.2 Å². The average molecular weight is 186 g/mol. The van der Waals surface area contributed by atoms with Gasteiger partial charge in [-0.05, 0) is 0 Å². The number of aromatic nitrogens is 1. The standard InChI is InChI=1S/C6H3FN2O4/c7-5-2-3(9(12)13)1-4(8-5)6(10)11/h1-2H,(H,10,11). The van der Waals surface area contributed by atoms with Crippen molar-refractivity contribution in [2.75, 3.05) is 0 Å². The minimum absolute atomic E-state index is 0.548. The third-order valence-corrected chi connectivity index (χ3v) is 1.21. The summed E-state index contributed by atoms with van der Waals surface area (Å²) in [5.41, 5.74) is -1.32. The Morgan fingerprint density at radius 3 is 2.69 bits per heavy atom. The largest absolute Gasteiger partial charge is 0.477 e. The number of hydrogen-bond acceptors (Lipinski definition) is 4. The number of hydrogen-bond donors (Lipinski definition) is 1. The van der Waals surface area contributed by atoms with Gasteiger partial charge in [0, 0.05) is 6.07 Å². The van der Waals surface area contributed by atoms with E-state index in [1.807, 2.05) is 0 Å². The summed E-state index contributed by atoms with van der Waals surface area (Å²) in [6, 6.07) is 1.23. The fourth-order valence-electron chi connectivity index (χ4n) is 0.698. The molecule has 0 spiro atoms. The van der Waals surface area contributed by atoms with Crippen LogP contribution in [0.1, 0.15) is 10.5 Å². The number of carbonyl (C=O) groups is 1. The number of nitro groups is 1. The predicted octanol–water partition coefficient (Wildman–Crippen LogP) is 0.827. The summed E-state index contributed by atoms with van der Waals surface area (Å²) in [4.78, 5) is 22.5. The van der Waals surface area contributed by atoms with Crippen molar-refractivity contribution in [3.05, 3.63) is 33.9 Å². The van der Waals surface area contributed by atoms with E-state index in [0.29, 0.717) is 12.1 Å². The van der Waals surface area contributed by atoms with Crippen molar-refractivity contribution in [1.82, 2.24) is 4.98 Å². The lowest BCUT2D eigenvalue weighted by atomic mass is 10.3. The molecule has 0 amide bonds. The molecular weight excluding hydrogens is 183 g/mol. The Morgan fingerprint density at radius 1 is 1.62 bits per heavy atom. The van der Waals surface area contributed by atoms with E-state index < -0.39 is 28.2 Å². The highest BCUT2D eigenvalue weighted by molar-refractivity contribution is 5.85. The molecule has 0 aromatic carbocycles. The molecule has 0 atom stereocenters. The molecule has 1 heterocycles. The Labute approximate surface area is 70.8 Å². The molecule has 1 N–H and O–H groups in total. The lowest BCUT2D eigenvalue weighted by molar-refractivity contribution is -0.385. The molecule has 0 bridgehead atoms. The average Bonchev–Trinajstić information content (AvgIpc) is 2.03. The molecule has 0 aliphatic carbocycles. The van der Waals surface area contributed by atoms with Crippen LogP contribution in [0.3, 0.4) is 0 Å². The highest BCUT2D eigenvalue weighted by Gasteiger charge is 2.14. The van der Waals surface area contributed by atoms with Crippen LogP contribution in [0.2, 0.25) is 0 Å². The van der Waals surface area contributed by atoms with Gasteiger partial charge in [0.1, 0.15) is 0 Å². The Kier molecular flexibility index (Phi) is 2.18. The van der Waals surface area contributed by atoms with Gasteiger partial charge in [0.05, 0.1) is 11.0 Å². The molecule has 0 aliphatic heterocycles. The number of rotatable bonds is 2. The molecule has 7 heteroatoms. The maximum absolute atomic E-state index is 12.5. The molecule has 0 radical (unpaired) electrons. The number of halogens is 1. The van der Waals surface area contributed by atoms with Crippen LogP contribution in [0.15, 0.2) is 12.1 Å². The number of pyridine rings is 1. The van der Waals surface area contributed by atoms with Crippen LogP contribution in [0.4, 0.5) is 10.1 Å². The van der Waals surface area contributed by atoms with Crippen LogP contribution in [0.25, 0.3) is 0 Å². The van der Waals surface area contributed by atoms with Crippen molar-refractivity contribution in [3.63, 3.8) is 0 Å². The lowest BCUT2D eigenvalue weighted by Gasteiger charge is -1.94. The quantitative estimate of drug-likeness (QED) is 0.419. The van der Waals surface area contributed by atoms with Crippen molar-refractivity contribution >= 4 is 11.7 Å². The molecule has 0 fully saturated rings. The van der Waals surface area contributed by atoms with Gasteiger partial charge in [-0.2, -0.15) is 4.39 Å². The molecule has 0 unspecified atom stereocenters. The molecule has 0 saturated heterocycles. The van der Waals surface area contributed by atoms with E-state index in [1.165, 1.54) is 0 Å². The van der Waals surface area contributed by atoms with Gasteiger partial charge in [0.25, 0.3) is 5.69 Å². The maximum atomic E-state index is 12.5. The zero-order valence-electron chi connectivity index (χ0n) is 6.10. The second-order valence-corrected chi connectivity index (χ2v) is 2.10. The van der Waals surface area contributed by atoms with Crippen molar-refractivity contribution in [2.24, 2.45) is 0 Å². The van der Waals surface area contributed by atoms with Gasteiger partial charge in [0.2, 0.25) is 5.95 Å². The van der Waals surface area contributed by atoms with E-state index in [2.05, 4.69) is 4.98 Å². The summed E-state index contributed by atoms with van der Waals surface area (Å²) >= 11 is 0. The van der Waals surface area contributed by atoms with Crippen molar-refractivity contribution in [3.8, 4) is 0 Å². The van der Waals surface area contributed by atoms with Crippen LogP contribution in [0.5, 0.6) is 0 Å². The van der Waals surface area contributed by atoms with Gasteiger partial charge in [0.15, 0.2) is 5.69 Å². The Balaban J connectivity index is 3.26. The van der Waals surface area contributed by atoms with Gasteiger partial charge in [-0.25, -0.2) is 9.78 Å². The van der Waals surface area contributed by atoms with E-state index in [1.54, 1.807) is 0 Å². The van der Waals surface area contributed by atoms with Crippen LogP contribution in [-0.4, -0.2) is 21.0 Å². The SMILES string of the molecule is O=C(O)c1cc([N+](=O)[O-])cc(F)n1. The fraction of sp³-hybridized carbons (Fsp3) is 0. The third-order valence-electron chi connectivity index (χ3n) is 1.21. The van der Waals surface area contributed by atoms with E-state index in [4.69, 9.17) is 5.11 Å². The van der Waals surface area contributed by atoms with E-state index >= 15 is 0 Å². The van der Waals surface area contributed by atoms with Crippen molar-refractivity contribution in [1.29, 1.82) is 0 Å².